The first-order chi connectivity index (χ1) is 13.8. The van der Waals surface area contributed by atoms with Crippen LogP contribution in [0.25, 0.3) is 0 Å². The number of amides is 1. The third kappa shape index (κ3) is 4.76. The van der Waals surface area contributed by atoms with Crippen LogP contribution in [0.3, 0.4) is 0 Å². The fourth-order valence-electron chi connectivity index (χ4n) is 3.53. The summed E-state index contributed by atoms with van der Waals surface area (Å²) in [5, 5.41) is 2.64. The van der Waals surface area contributed by atoms with Crippen molar-refractivity contribution in [3.8, 4) is 5.75 Å². The van der Waals surface area contributed by atoms with Gasteiger partial charge in [0.05, 0.1) is 12.0 Å². The molecule has 0 heterocycles. The molecule has 2 aromatic rings. The summed E-state index contributed by atoms with van der Waals surface area (Å²) in [6.45, 7) is 0. The minimum atomic E-state index is -3.59. The van der Waals surface area contributed by atoms with Crippen molar-refractivity contribution in [2.45, 2.75) is 43.0 Å². The minimum absolute atomic E-state index is 0.0260. The summed E-state index contributed by atoms with van der Waals surface area (Å²) >= 11 is 0. The fraction of sp³-hybridized carbons (Fsp3) is 0.381. The second-order valence-electron chi connectivity index (χ2n) is 7.14. The predicted octanol–water partition coefficient (Wildman–Crippen LogP) is 4.04. The van der Waals surface area contributed by atoms with E-state index in [0.29, 0.717) is 5.69 Å². The van der Waals surface area contributed by atoms with Gasteiger partial charge in [0.1, 0.15) is 0 Å². The van der Waals surface area contributed by atoms with Crippen molar-refractivity contribution in [3.63, 3.8) is 0 Å². The average molecular weight is 421 g/mol. The first-order valence-corrected chi connectivity index (χ1v) is 11.0. The molecule has 1 aliphatic rings. The van der Waals surface area contributed by atoms with E-state index in [1.165, 1.54) is 47.8 Å². The van der Waals surface area contributed by atoms with Crippen LogP contribution in [-0.4, -0.2) is 38.8 Å². The van der Waals surface area contributed by atoms with Gasteiger partial charge < -0.3 is 10.1 Å². The van der Waals surface area contributed by atoms with Crippen molar-refractivity contribution >= 4 is 21.6 Å². The number of benzene rings is 2. The predicted molar refractivity (Wildman–Crippen MR) is 109 cm³/mol. The number of carbonyl (C=O) groups is 1. The smallest absolute Gasteiger partial charge is 0.255 e. The topological polar surface area (TPSA) is 75.7 Å². The molecule has 8 heteroatoms. The Morgan fingerprint density at radius 2 is 1.76 bits per heavy atom. The molecule has 1 aliphatic carbocycles. The van der Waals surface area contributed by atoms with Gasteiger partial charge >= 0.3 is 0 Å². The quantitative estimate of drug-likeness (QED) is 0.765. The van der Waals surface area contributed by atoms with E-state index in [-0.39, 0.29) is 22.3 Å². The van der Waals surface area contributed by atoms with E-state index in [1.807, 2.05) is 0 Å². The van der Waals surface area contributed by atoms with Crippen molar-refractivity contribution in [1.82, 2.24) is 4.31 Å². The Hall–Kier alpha value is -2.45. The van der Waals surface area contributed by atoms with E-state index in [9.17, 15) is 17.6 Å². The lowest BCUT2D eigenvalue weighted by Gasteiger charge is -2.30. The number of hydrogen-bond acceptors (Lipinski definition) is 4. The third-order valence-corrected chi connectivity index (χ3v) is 7.22. The monoisotopic (exact) mass is 420 g/mol. The third-order valence-electron chi connectivity index (χ3n) is 5.29. The van der Waals surface area contributed by atoms with Gasteiger partial charge in [0.2, 0.25) is 10.0 Å². The molecule has 1 amide bonds. The van der Waals surface area contributed by atoms with Crippen molar-refractivity contribution in [3.05, 3.63) is 53.8 Å². The molecule has 0 aromatic heterocycles. The number of nitrogens with one attached hydrogen (secondary N) is 1. The van der Waals surface area contributed by atoms with Crippen molar-refractivity contribution < 1.29 is 22.3 Å². The maximum Gasteiger partial charge on any atom is 0.255 e. The molecule has 0 aliphatic heterocycles. The van der Waals surface area contributed by atoms with E-state index in [2.05, 4.69) is 5.32 Å². The molecule has 156 valence electrons. The Labute approximate surface area is 170 Å². The summed E-state index contributed by atoms with van der Waals surface area (Å²) in [4.78, 5) is 12.5. The van der Waals surface area contributed by atoms with Gasteiger partial charge in [0, 0.05) is 24.3 Å². The van der Waals surface area contributed by atoms with Crippen LogP contribution >= 0.6 is 0 Å². The molecule has 0 bridgehead atoms. The van der Waals surface area contributed by atoms with E-state index >= 15 is 0 Å². The number of nitrogens with zero attached hydrogens (tertiary/aromatic N) is 1. The van der Waals surface area contributed by atoms with Crippen LogP contribution in [0, 0.1) is 5.82 Å². The van der Waals surface area contributed by atoms with E-state index < -0.39 is 21.7 Å². The maximum atomic E-state index is 13.8. The van der Waals surface area contributed by atoms with Crippen LogP contribution < -0.4 is 10.1 Å². The first kappa shape index (κ1) is 21.3. The van der Waals surface area contributed by atoms with Gasteiger partial charge in [-0.05, 0) is 55.3 Å². The average Bonchev–Trinajstić information content (AvgIpc) is 2.74. The molecule has 3 rings (SSSR count). The standard InChI is InChI=1S/C21H25FN2O4S/c1-24(17-6-4-3-5-7-17)29(26,27)18-11-9-16(10-12-18)23-21(25)15-8-13-20(28-2)19(22)14-15/h8-14,17H,3-7H2,1-2H3,(H,23,25). The molecule has 2 aromatic carbocycles. The zero-order valence-corrected chi connectivity index (χ0v) is 17.3. The Morgan fingerprint density at radius 3 is 2.34 bits per heavy atom. The van der Waals surface area contributed by atoms with E-state index in [4.69, 9.17) is 4.74 Å². The molecular formula is C21H25FN2O4S. The molecule has 29 heavy (non-hydrogen) atoms. The highest BCUT2D eigenvalue weighted by Gasteiger charge is 2.28. The largest absolute Gasteiger partial charge is 0.494 e. The summed E-state index contributed by atoms with van der Waals surface area (Å²) in [6.07, 6.45) is 4.99. The number of ether oxygens (including phenoxy) is 1. The van der Waals surface area contributed by atoms with Crippen LogP contribution in [0.5, 0.6) is 5.75 Å². The minimum Gasteiger partial charge on any atom is -0.494 e. The van der Waals surface area contributed by atoms with Gasteiger partial charge in [-0.3, -0.25) is 4.79 Å². The second-order valence-corrected chi connectivity index (χ2v) is 9.14. The highest BCUT2D eigenvalue weighted by molar-refractivity contribution is 7.89. The molecule has 0 saturated heterocycles. The van der Waals surface area contributed by atoms with Gasteiger partial charge in [-0.2, -0.15) is 4.31 Å². The molecule has 1 N–H and O–H groups in total. The van der Waals surface area contributed by atoms with Crippen molar-refractivity contribution in [2.24, 2.45) is 0 Å². The molecule has 0 spiro atoms. The molecule has 1 fully saturated rings. The summed E-state index contributed by atoms with van der Waals surface area (Å²) in [7, 11) is -0.621. The lowest BCUT2D eigenvalue weighted by Crippen LogP contribution is -2.38. The zero-order valence-electron chi connectivity index (χ0n) is 16.5. The molecule has 6 nitrogen and oxygen atoms in total. The Morgan fingerprint density at radius 1 is 1.10 bits per heavy atom. The van der Waals surface area contributed by atoms with Crippen LogP contribution in [0.2, 0.25) is 0 Å². The number of sulfonamides is 1. The Kier molecular flexibility index (Phi) is 6.54. The molecule has 0 unspecified atom stereocenters. The maximum absolute atomic E-state index is 13.8. The fourth-order valence-corrected chi connectivity index (χ4v) is 4.94. The second kappa shape index (κ2) is 8.92. The highest BCUT2D eigenvalue weighted by atomic mass is 32.2. The van der Waals surface area contributed by atoms with Gasteiger partial charge in [0.25, 0.3) is 5.91 Å². The van der Waals surface area contributed by atoms with Gasteiger partial charge in [-0.25, -0.2) is 12.8 Å². The number of anilines is 1. The van der Waals surface area contributed by atoms with Crippen molar-refractivity contribution in [1.29, 1.82) is 0 Å². The summed E-state index contributed by atoms with van der Waals surface area (Å²) in [5.74, 6) is -1.08. The summed E-state index contributed by atoms with van der Waals surface area (Å²) in [5.41, 5.74) is 0.558. The van der Waals surface area contributed by atoms with Gasteiger partial charge in [-0.1, -0.05) is 19.3 Å². The lowest BCUT2D eigenvalue weighted by atomic mass is 9.96. The highest BCUT2D eigenvalue weighted by Crippen LogP contribution is 2.27. The van der Waals surface area contributed by atoms with E-state index in [1.54, 1.807) is 7.05 Å². The van der Waals surface area contributed by atoms with Crippen LogP contribution in [-0.2, 0) is 10.0 Å². The van der Waals surface area contributed by atoms with Crippen LogP contribution in [0.4, 0.5) is 10.1 Å². The van der Waals surface area contributed by atoms with E-state index in [0.717, 1.165) is 38.2 Å². The number of rotatable bonds is 6. The number of halogens is 1. The van der Waals surface area contributed by atoms with Gasteiger partial charge in [-0.15, -0.1) is 0 Å². The number of carbonyl (C=O) groups excluding carboxylic acids is 1. The Balaban J connectivity index is 1.71. The Bertz CT molecular complexity index is 971. The molecule has 0 atom stereocenters. The SMILES string of the molecule is COc1ccc(C(=O)Nc2ccc(S(=O)(=O)N(C)C3CCCCC3)cc2)cc1F. The normalized spacial score (nSPS) is 15.3. The van der Waals surface area contributed by atoms with Crippen molar-refractivity contribution in [2.75, 3.05) is 19.5 Å². The van der Waals surface area contributed by atoms with Gasteiger partial charge in [0.15, 0.2) is 11.6 Å². The van der Waals surface area contributed by atoms with Crippen LogP contribution in [0.15, 0.2) is 47.4 Å². The summed E-state index contributed by atoms with van der Waals surface area (Å²) < 4.78 is 45.8. The first-order valence-electron chi connectivity index (χ1n) is 9.56. The number of hydrogen-bond donors (Lipinski definition) is 1. The summed E-state index contributed by atoms with van der Waals surface area (Å²) in [6, 6.07) is 9.94. The van der Waals surface area contributed by atoms with Crippen LogP contribution in [0.1, 0.15) is 42.5 Å². The molecule has 1 saturated carbocycles. The number of methoxy groups -OCH3 is 1. The lowest BCUT2D eigenvalue weighted by molar-refractivity contribution is 0.102. The molecular weight excluding hydrogens is 395 g/mol. The molecule has 0 radical (unpaired) electrons. The zero-order chi connectivity index (χ0) is 21.0.